The Morgan fingerprint density at radius 2 is 1.79 bits per heavy atom. The first-order chi connectivity index (χ1) is 18.4. The number of benzene rings is 2. The average Bonchev–Trinajstić information content (AvgIpc) is 3.20. The summed E-state index contributed by atoms with van der Waals surface area (Å²) >= 11 is 0. The fourth-order valence-corrected chi connectivity index (χ4v) is 4.92. The molecule has 7 nitrogen and oxygen atoms in total. The predicted octanol–water partition coefficient (Wildman–Crippen LogP) is 6.52. The van der Waals surface area contributed by atoms with E-state index in [1.165, 1.54) is 0 Å². The van der Waals surface area contributed by atoms with Crippen LogP contribution in [0.4, 0.5) is 5.82 Å². The van der Waals surface area contributed by atoms with Crippen LogP contribution < -0.4 is 19.8 Å². The van der Waals surface area contributed by atoms with E-state index < -0.39 is 11.9 Å². The number of carbonyl (C=O) groups is 1. The quantitative estimate of drug-likeness (QED) is 0.237. The van der Waals surface area contributed by atoms with Crippen molar-refractivity contribution in [3.8, 4) is 11.5 Å². The summed E-state index contributed by atoms with van der Waals surface area (Å²) in [5.41, 5.74) is 2.87. The zero-order chi connectivity index (χ0) is 26.8. The van der Waals surface area contributed by atoms with Gasteiger partial charge >= 0.3 is 0 Å². The third kappa shape index (κ3) is 4.64. The SMILES string of the molecule is CCCCCOc1ccc(C2c3c(oc4ccc(C)cc4c3=O)C(=O)N2c2cccc(C)n2)cc1OCC. The van der Waals surface area contributed by atoms with Gasteiger partial charge in [0.1, 0.15) is 11.4 Å². The van der Waals surface area contributed by atoms with Gasteiger partial charge in [-0.2, -0.15) is 0 Å². The number of hydrogen-bond acceptors (Lipinski definition) is 6. The van der Waals surface area contributed by atoms with Gasteiger partial charge in [-0.1, -0.05) is 43.5 Å². The zero-order valence-electron chi connectivity index (χ0n) is 22.2. The molecule has 3 heterocycles. The molecule has 5 rings (SSSR count). The van der Waals surface area contributed by atoms with Crippen LogP contribution >= 0.6 is 0 Å². The molecule has 1 atom stereocenters. The molecule has 196 valence electrons. The minimum atomic E-state index is -0.735. The zero-order valence-corrected chi connectivity index (χ0v) is 22.2. The molecular formula is C31H32N2O5. The Hall–Kier alpha value is -4.13. The number of hydrogen-bond donors (Lipinski definition) is 0. The van der Waals surface area contributed by atoms with E-state index in [1.807, 2.05) is 57.2 Å². The van der Waals surface area contributed by atoms with Crippen LogP contribution in [0.2, 0.25) is 0 Å². The standard InChI is InChI=1S/C31H32N2O5/c1-5-7-8-16-37-24-15-13-21(18-25(24)36-6-2)28-27-29(34)22-17-19(3)12-14-23(22)38-30(27)31(35)33(28)26-11-9-10-20(4)32-26/h9-15,17-18,28H,5-8,16H2,1-4H3. The summed E-state index contributed by atoms with van der Waals surface area (Å²) in [5.74, 6) is 1.29. The van der Waals surface area contributed by atoms with Crippen LogP contribution in [0, 0.1) is 13.8 Å². The first-order valence-corrected chi connectivity index (χ1v) is 13.2. The van der Waals surface area contributed by atoms with E-state index in [1.54, 1.807) is 23.1 Å². The van der Waals surface area contributed by atoms with E-state index in [0.717, 1.165) is 30.5 Å². The summed E-state index contributed by atoms with van der Waals surface area (Å²) < 4.78 is 18.1. The van der Waals surface area contributed by atoms with Crippen molar-refractivity contribution in [2.45, 2.75) is 53.0 Å². The van der Waals surface area contributed by atoms with Crippen molar-refractivity contribution in [3.63, 3.8) is 0 Å². The van der Waals surface area contributed by atoms with Crippen molar-refractivity contribution in [2.24, 2.45) is 0 Å². The minimum Gasteiger partial charge on any atom is -0.490 e. The number of amides is 1. The highest BCUT2D eigenvalue weighted by Crippen LogP contribution is 2.43. The second kappa shape index (κ2) is 10.7. The van der Waals surface area contributed by atoms with E-state index in [-0.39, 0.29) is 11.2 Å². The van der Waals surface area contributed by atoms with Crippen molar-refractivity contribution in [2.75, 3.05) is 18.1 Å². The number of rotatable bonds is 9. The van der Waals surface area contributed by atoms with Gasteiger partial charge in [-0.3, -0.25) is 14.5 Å². The fraction of sp³-hybridized carbons (Fsp3) is 0.323. The van der Waals surface area contributed by atoms with Crippen molar-refractivity contribution in [1.29, 1.82) is 0 Å². The molecule has 0 spiro atoms. The average molecular weight is 513 g/mol. The highest BCUT2D eigenvalue weighted by atomic mass is 16.5. The van der Waals surface area contributed by atoms with Gasteiger partial charge in [0, 0.05) is 5.69 Å². The maximum atomic E-state index is 13.9. The number of aromatic nitrogens is 1. The van der Waals surface area contributed by atoms with E-state index in [0.29, 0.717) is 52.6 Å². The molecule has 0 aliphatic carbocycles. The van der Waals surface area contributed by atoms with Crippen molar-refractivity contribution >= 4 is 22.7 Å². The van der Waals surface area contributed by atoms with Gasteiger partial charge < -0.3 is 13.9 Å². The lowest BCUT2D eigenvalue weighted by molar-refractivity contribution is 0.0970. The lowest BCUT2D eigenvalue weighted by Gasteiger charge is -2.25. The highest BCUT2D eigenvalue weighted by molar-refractivity contribution is 6.10. The maximum absolute atomic E-state index is 13.9. The van der Waals surface area contributed by atoms with Crippen LogP contribution in [0.15, 0.2) is 63.8 Å². The molecule has 1 unspecified atom stereocenters. The van der Waals surface area contributed by atoms with Gasteiger partial charge in [0.2, 0.25) is 5.76 Å². The molecule has 38 heavy (non-hydrogen) atoms. The number of ether oxygens (including phenoxy) is 2. The highest BCUT2D eigenvalue weighted by Gasteiger charge is 2.44. The topological polar surface area (TPSA) is 81.9 Å². The Morgan fingerprint density at radius 3 is 2.55 bits per heavy atom. The molecular weight excluding hydrogens is 480 g/mol. The van der Waals surface area contributed by atoms with Gasteiger partial charge in [0.15, 0.2) is 16.9 Å². The van der Waals surface area contributed by atoms with E-state index >= 15 is 0 Å². The van der Waals surface area contributed by atoms with Crippen LogP contribution in [0.25, 0.3) is 11.0 Å². The lowest BCUT2D eigenvalue weighted by Crippen LogP contribution is -2.30. The van der Waals surface area contributed by atoms with Gasteiger partial charge in [-0.25, -0.2) is 4.98 Å². The molecule has 0 N–H and O–H groups in total. The number of aryl methyl sites for hydroxylation is 2. The molecule has 0 fully saturated rings. The van der Waals surface area contributed by atoms with Crippen molar-refractivity contribution < 1.29 is 18.7 Å². The van der Waals surface area contributed by atoms with Crippen LogP contribution in [0.1, 0.15) is 72.1 Å². The molecule has 2 aromatic heterocycles. The number of fused-ring (bicyclic) bond motifs is 2. The lowest BCUT2D eigenvalue weighted by atomic mass is 9.97. The number of unbranched alkanes of at least 4 members (excludes halogenated alkanes) is 2. The third-order valence-electron chi connectivity index (χ3n) is 6.73. The summed E-state index contributed by atoms with van der Waals surface area (Å²) in [6.45, 7) is 8.89. The van der Waals surface area contributed by atoms with E-state index in [4.69, 9.17) is 13.9 Å². The maximum Gasteiger partial charge on any atom is 0.296 e. The van der Waals surface area contributed by atoms with Gasteiger partial charge in [0.25, 0.3) is 5.91 Å². The van der Waals surface area contributed by atoms with Gasteiger partial charge in [0.05, 0.1) is 30.2 Å². The van der Waals surface area contributed by atoms with Crippen LogP contribution in [-0.2, 0) is 0 Å². The Balaban J connectivity index is 1.68. The number of nitrogens with zero attached hydrogens (tertiary/aromatic N) is 2. The van der Waals surface area contributed by atoms with E-state index in [2.05, 4.69) is 11.9 Å². The molecule has 1 aliphatic rings. The number of anilines is 1. The fourth-order valence-electron chi connectivity index (χ4n) is 4.92. The second-order valence-electron chi connectivity index (χ2n) is 9.58. The molecule has 0 radical (unpaired) electrons. The Labute approximate surface area is 222 Å². The Kier molecular flexibility index (Phi) is 7.18. The van der Waals surface area contributed by atoms with Gasteiger partial charge in [-0.05, 0) is 69.2 Å². The summed E-state index contributed by atoms with van der Waals surface area (Å²) in [6, 6.07) is 15.7. The molecule has 0 saturated carbocycles. The Morgan fingerprint density at radius 1 is 0.947 bits per heavy atom. The number of pyridine rings is 1. The summed E-state index contributed by atoms with van der Waals surface area (Å²) in [5, 5.41) is 0.446. The van der Waals surface area contributed by atoms with Crippen LogP contribution in [0.5, 0.6) is 11.5 Å². The molecule has 1 amide bonds. The Bertz CT molecular complexity index is 1560. The largest absolute Gasteiger partial charge is 0.490 e. The molecule has 1 aliphatic heterocycles. The summed E-state index contributed by atoms with van der Waals surface area (Å²) in [6.07, 6.45) is 3.15. The monoisotopic (exact) mass is 512 g/mol. The molecule has 4 aromatic rings. The number of carbonyl (C=O) groups excluding carboxylic acids is 1. The smallest absolute Gasteiger partial charge is 0.296 e. The van der Waals surface area contributed by atoms with Crippen LogP contribution in [0.3, 0.4) is 0 Å². The van der Waals surface area contributed by atoms with Crippen molar-refractivity contribution in [3.05, 3.63) is 93.0 Å². The molecule has 0 saturated heterocycles. The van der Waals surface area contributed by atoms with Gasteiger partial charge in [-0.15, -0.1) is 0 Å². The third-order valence-corrected chi connectivity index (χ3v) is 6.73. The molecule has 0 bridgehead atoms. The van der Waals surface area contributed by atoms with Crippen LogP contribution in [-0.4, -0.2) is 24.1 Å². The molecule has 2 aromatic carbocycles. The van der Waals surface area contributed by atoms with E-state index in [9.17, 15) is 9.59 Å². The predicted molar refractivity (Wildman–Crippen MR) is 147 cm³/mol. The second-order valence-corrected chi connectivity index (χ2v) is 9.58. The summed E-state index contributed by atoms with van der Waals surface area (Å²) in [7, 11) is 0. The molecule has 7 heteroatoms. The summed E-state index contributed by atoms with van der Waals surface area (Å²) in [4.78, 5) is 33.9. The van der Waals surface area contributed by atoms with Crippen molar-refractivity contribution in [1.82, 2.24) is 4.98 Å². The first kappa shape index (κ1) is 25.5. The minimum absolute atomic E-state index is 0.0394. The first-order valence-electron chi connectivity index (χ1n) is 13.2. The normalized spacial score (nSPS) is 14.7.